The SMILES string of the molecule is CCCC(C)C(CSCC(C)C)NN. The molecule has 0 aromatic heterocycles. The molecule has 86 valence electrons. The highest BCUT2D eigenvalue weighted by molar-refractivity contribution is 7.99. The van der Waals surface area contributed by atoms with E-state index in [1.165, 1.54) is 18.6 Å². The van der Waals surface area contributed by atoms with Crippen LogP contribution in [-0.4, -0.2) is 17.5 Å². The van der Waals surface area contributed by atoms with Crippen molar-refractivity contribution in [1.82, 2.24) is 5.43 Å². The summed E-state index contributed by atoms with van der Waals surface area (Å²) in [5, 5.41) is 0. The van der Waals surface area contributed by atoms with Crippen molar-refractivity contribution in [2.75, 3.05) is 11.5 Å². The third kappa shape index (κ3) is 6.68. The van der Waals surface area contributed by atoms with Gasteiger partial charge >= 0.3 is 0 Å². The minimum Gasteiger partial charge on any atom is -0.271 e. The second-order valence-electron chi connectivity index (χ2n) is 4.47. The number of rotatable bonds is 8. The summed E-state index contributed by atoms with van der Waals surface area (Å²) in [5.74, 6) is 9.39. The lowest BCUT2D eigenvalue weighted by Crippen LogP contribution is -2.41. The van der Waals surface area contributed by atoms with Crippen molar-refractivity contribution in [3.05, 3.63) is 0 Å². The number of thioether (sulfide) groups is 1. The molecule has 0 radical (unpaired) electrons. The predicted molar refractivity (Wildman–Crippen MR) is 67.3 cm³/mol. The molecule has 0 aromatic rings. The normalized spacial score (nSPS) is 15.9. The van der Waals surface area contributed by atoms with Gasteiger partial charge in [-0.15, -0.1) is 0 Å². The minimum absolute atomic E-state index is 0.471. The molecule has 0 aromatic carbocycles. The summed E-state index contributed by atoms with van der Waals surface area (Å²) in [6, 6.07) is 0.471. The molecule has 3 N–H and O–H groups in total. The summed E-state index contributed by atoms with van der Waals surface area (Å²) < 4.78 is 0. The Morgan fingerprint density at radius 1 is 1.21 bits per heavy atom. The summed E-state index contributed by atoms with van der Waals surface area (Å²) in [6.45, 7) is 9.02. The maximum absolute atomic E-state index is 5.56. The molecule has 0 aliphatic heterocycles. The summed E-state index contributed by atoms with van der Waals surface area (Å²) in [4.78, 5) is 0. The van der Waals surface area contributed by atoms with Crippen LogP contribution in [0.15, 0.2) is 0 Å². The van der Waals surface area contributed by atoms with E-state index in [0.29, 0.717) is 12.0 Å². The second kappa shape index (κ2) is 8.57. The monoisotopic (exact) mass is 218 g/mol. The van der Waals surface area contributed by atoms with Gasteiger partial charge < -0.3 is 0 Å². The third-order valence-electron chi connectivity index (χ3n) is 2.39. The van der Waals surface area contributed by atoms with Gasteiger partial charge in [-0.1, -0.05) is 34.1 Å². The van der Waals surface area contributed by atoms with E-state index in [4.69, 9.17) is 5.84 Å². The van der Waals surface area contributed by atoms with Crippen LogP contribution < -0.4 is 11.3 Å². The van der Waals surface area contributed by atoms with Crippen LogP contribution in [-0.2, 0) is 0 Å². The number of nitrogens with two attached hydrogens (primary N) is 1. The Morgan fingerprint density at radius 2 is 1.86 bits per heavy atom. The maximum Gasteiger partial charge on any atom is 0.0326 e. The van der Waals surface area contributed by atoms with Gasteiger partial charge in [0.2, 0.25) is 0 Å². The molecular weight excluding hydrogens is 192 g/mol. The van der Waals surface area contributed by atoms with E-state index >= 15 is 0 Å². The Kier molecular flexibility index (Phi) is 8.73. The molecule has 0 aliphatic rings. The molecule has 0 heterocycles. The second-order valence-corrected chi connectivity index (χ2v) is 5.55. The fraction of sp³-hybridized carbons (Fsp3) is 1.00. The van der Waals surface area contributed by atoms with Gasteiger partial charge in [0.05, 0.1) is 0 Å². The van der Waals surface area contributed by atoms with Crippen LogP contribution in [0.25, 0.3) is 0 Å². The Bertz CT molecular complexity index is 128. The molecule has 0 amide bonds. The maximum atomic E-state index is 5.56. The molecule has 2 nitrogen and oxygen atoms in total. The number of hydrogen-bond donors (Lipinski definition) is 2. The first kappa shape index (κ1) is 14.3. The van der Waals surface area contributed by atoms with Crippen LogP contribution in [0.1, 0.15) is 40.5 Å². The van der Waals surface area contributed by atoms with E-state index in [0.717, 1.165) is 11.7 Å². The average molecular weight is 218 g/mol. The van der Waals surface area contributed by atoms with Crippen LogP contribution in [0.2, 0.25) is 0 Å². The van der Waals surface area contributed by atoms with Gasteiger partial charge in [-0.3, -0.25) is 11.3 Å². The molecule has 0 saturated heterocycles. The van der Waals surface area contributed by atoms with E-state index in [1.54, 1.807) is 0 Å². The van der Waals surface area contributed by atoms with Crippen molar-refractivity contribution in [3.63, 3.8) is 0 Å². The van der Waals surface area contributed by atoms with E-state index in [2.05, 4.69) is 33.1 Å². The molecule has 0 spiro atoms. The molecule has 3 heteroatoms. The van der Waals surface area contributed by atoms with Crippen molar-refractivity contribution in [2.45, 2.75) is 46.6 Å². The fourth-order valence-corrected chi connectivity index (χ4v) is 2.75. The van der Waals surface area contributed by atoms with Gasteiger partial charge in [-0.25, -0.2) is 0 Å². The van der Waals surface area contributed by atoms with Crippen LogP contribution in [0, 0.1) is 11.8 Å². The van der Waals surface area contributed by atoms with Crippen LogP contribution in [0.5, 0.6) is 0 Å². The van der Waals surface area contributed by atoms with Gasteiger partial charge in [0.25, 0.3) is 0 Å². The summed E-state index contributed by atoms with van der Waals surface area (Å²) in [6.07, 6.45) is 2.51. The van der Waals surface area contributed by atoms with Gasteiger partial charge in [-0.2, -0.15) is 11.8 Å². The van der Waals surface area contributed by atoms with Crippen LogP contribution in [0.4, 0.5) is 0 Å². The van der Waals surface area contributed by atoms with Crippen molar-refractivity contribution in [2.24, 2.45) is 17.7 Å². The van der Waals surface area contributed by atoms with Gasteiger partial charge in [-0.05, 0) is 24.0 Å². The van der Waals surface area contributed by atoms with Gasteiger partial charge in [0.1, 0.15) is 0 Å². The van der Waals surface area contributed by atoms with E-state index in [-0.39, 0.29) is 0 Å². The molecule has 0 bridgehead atoms. The number of nitrogens with one attached hydrogen (secondary N) is 1. The molecule has 0 fully saturated rings. The van der Waals surface area contributed by atoms with Crippen molar-refractivity contribution in [3.8, 4) is 0 Å². The van der Waals surface area contributed by atoms with Crippen LogP contribution >= 0.6 is 11.8 Å². The zero-order valence-electron chi connectivity index (χ0n) is 10.0. The number of hydrogen-bond acceptors (Lipinski definition) is 3. The summed E-state index contributed by atoms with van der Waals surface area (Å²) in [7, 11) is 0. The van der Waals surface area contributed by atoms with E-state index < -0.39 is 0 Å². The first-order valence-electron chi connectivity index (χ1n) is 5.65. The minimum atomic E-state index is 0.471. The highest BCUT2D eigenvalue weighted by Gasteiger charge is 2.14. The smallest absolute Gasteiger partial charge is 0.0326 e. The summed E-state index contributed by atoms with van der Waals surface area (Å²) in [5.41, 5.74) is 2.94. The molecular formula is C11H26N2S. The van der Waals surface area contributed by atoms with Crippen molar-refractivity contribution < 1.29 is 0 Å². The highest BCUT2D eigenvalue weighted by atomic mass is 32.2. The van der Waals surface area contributed by atoms with E-state index in [1.807, 2.05) is 11.8 Å². The Hall–Kier alpha value is 0.270. The van der Waals surface area contributed by atoms with Gasteiger partial charge in [0.15, 0.2) is 0 Å². The lowest BCUT2D eigenvalue weighted by atomic mass is 9.99. The van der Waals surface area contributed by atoms with Crippen LogP contribution in [0.3, 0.4) is 0 Å². The molecule has 2 atom stereocenters. The first-order chi connectivity index (χ1) is 6.61. The Labute approximate surface area is 93.4 Å². The lowest BCUT2D eigenvalue weighted by molar-refractivity contribution is 0.387. The lowest BCUT2D eigenvalue weighted by Gasteiger charge is -2.22. The standard InChI is InChI=1S/C11H26N2S/c1-5-6-10(4)11(13-12)8-14-7-9(2)3/h9-11,13H,5-8,12H2,1-4H3. The average Bonchev–Trinajstić information content (AvgIpc) is 2.12. The first-order valence-corrected chi connectivity index (χ1v) is 6.81. The molecule has 0 saturated carbocycles. The highest BCUT2D eigenvalue weighted by Crippen LogP contribution is 2.16. The quantitative estimate of drug-likeness (QED) is 0.486. The fourth-order valence-electron chi connectivity index (χ4n) is 1.46. The predicted octanol–water partition coefficient (Wildman–Crippen LogP) is 2.64. The number of hydrazine groups is 1. The Balaban J connectivity index is 3.66. The van der Waals surface area contributed by atoms with Gasteiger partial charge in [0, 0.05) is 11.8 Å². The topological polar surface area (TPSA) is 38.0 Å². The summed E-state index contributed by atoms with van der Waals surface area (Å²) >= 11 is 2.01. The third-order valence-corrected chi connectivity index (χ3v) is 3.89. The van der Waals surface area contributed by atoms with E-state index in [9.17, 15) is 0 Å². The zero-order valence-corrected chi connectivity index (χ0v) is 10.9. The molecule has 14 heavy (non-hydrogen) atoms. The largest absolute Gasteiger partial charge is 0.271 e. The zero-order chi connectivity index (χ0) is 11.0. The van der Waals surface area contributed by atoms with Crippen molar-refractivity contribution >= 4 is 11.8 Å². The Morgan fingerprint density at radius 3 is 2.29 bits per heavy atom. The molecule has 0 aliphatic carbocycles. The molecule has 2 unspecified atom stereocenters. The molecule has 0 rings (SSSR count). The van der Waals surface area contributed by atoms with Crippen molar-refractivity contribution in [1.29, 1.82) is 0 Å².